The highest BCUT2D eigenvalue weighted by atomic mass is 19.1. The molecule has 0 radical (unpaired) electrons. The Labute approximate surface area is 161 Å². The van der Waals surface area contributed by atoms with Crippen LogP contribution in [0, 0.1) is 18.6 Å². The number of hydrogen-bond acceptors (Lipinski definition) is 6. The van der Waals surface area contributed by atoms with Crippen molar-refractivity contribution < 1.29 is 18.0 Å². The lowest BCUT2D eigenvalue weighted by molar-refractivity contribution is 0.101. The molecule has 0 fully saturated rings. The van der Waals surface area contributed by atoms with E-state index in [1.165, 1.54) is 23.2 Å². The van der Waals surface area contributed by atoms with Crippen LogP contribution in [0.1, 0.15) is 15.9 Å². The number of benzene rings is 1. The van der Waals surface area contributed by atoms with Crippen LogP contribution in [0.2, 0.25) is 0 Å². The third-order valence-electron chi connectivity index (χ3n) is 4.40. The van der Waals surface area contributed by atoms with Gasteiger partial charge < -0.3 is 9.73 Å². The highest BCUT2D eigenvalue weighted by Gasteiger charge is 2.18. The zero-order valence-corrected chi connectivity index (χ0v) is 15.2. The van der Waals surface area contributed by atoms with Crippen molar-refractivity contribution in [3.05, 3.63) is 70.1 Å². The summed E-state index contributed by atoms with van der Waals surface area (Å²) in [5, 5.41) is 2.30. The van der Waals surface area contributed by atoms with Gasteiger partial charge in [-0.15, -0.1) is 0 Å². The van der Waals surface area contributed by atoms with Gasteiger partial charge in [0.05, 0.1) is 18.1 Å². The second-order valence-corrected chi connectivity index (χ2v) is 6.21. The fraction of sp³-hybridized carbons (Fsp3) is 0.105. The van der Waals surface area contributed by atoms with Crippen molar-refractivity contribution in [3.63, 3.8) is 0 Å². The summed E-state index contributed by atoms with van der Waals surface area (Å²) in [5.74, 6) is -3.46. The average molecular weight is 397 g/mol. The van der Waals surface area contributed by atoms with E-state index >= 15 is 0 Å². The quantitative estimate of drug-likeness (QED) is 0.570. The Hall–Kier alpha value is -3.95. The van der Waals surface area contributed by atoms with Crippen LogP contribution in [-0.2, 0) is 7.05 Å². The van der Waals surface area contributed by atoms with Crippen LogP contribution in [0.3, 0.4) is 0 Å². The molecular formula is C19H13F2N5O3. The lowest BCUT2D eigenvalue weighted by Crippen LogP contribution is -2.16. The van der Waals surface area contributed by atoms with Gasteiger partial charge >= 0.3 is 5.76 Å². The summed E-state index contributed by atoms with van der Waals surface area (Å²) in [6, 6.07) is 3.14. The van der Waals surface area contributed by atoms with Crippen molar-refractivity contribution in [1.29, 1.82) is 0 Å². The fourth-order valence-corrected chi connectivity index (χ4v) is 2.86. The predicted molar refractivity (Wildman–Crippen MR) is 99.3 cm³/mol. The molecule has 3 heterocycles. The lowest BCUT2D eigenvalue weighted by atomic mass is 10.1. The average Bonchev–Trinajstić information content (AvgIpc) is 2.98. The summed E-state index contributed by atoms with van der Waals surface area (Å²) in [5.41, 5.74) is 1.68. The van der Waals surface area contributed by atoms with Crippen molar-refractivity contribution in [2.75, 3.05) is 5.32 Å². The molecule has 0 bridgehead atoms. The Balaban J connectivity index is 1.63. The van der Waals surface area contributed by atoms with Gasteiger partial charge in [-0.2, -0.15) is 0 Å². The molecule has 4 aromatic rings. The third kappa shape index (κ3) is 3.14. The molecule has 0 spiro atoms. The van der Waals surface area contributed by atoms with E-state index in [-0.39, 0.29) is 5.82 Å². The highest BCUT2D eigenvalue weighted by Crippen LogP contribution is 2.26. The van der Waals surface area contributed by atoms with Gasteiger partial charge in [-0.05, 0) is 19.1 Å². The topological polar surface area (TPSA) is 103 Å². The number of pyridine rings is 1. The van der Waals surface area contributed by atoms with Crippen LogP contribution < -0.4 is 11.1 Å². The molecule has 0 aliphatic rings. The maximum Gasteiger partial charge on any atom is 0.420 e. The number of rotatable bonds is 3. The van der Waals surface area contributed by atoms with E-state index in [2.05, 4.69) is 20.3 Å². The minimum atomic E-state index is -0.980. The smallest absolute Gasteiger partial charge is 0.406 e. The molecule has 0 saturated carbocycles. The molecule has 146 valence electrons. The van der Waals surface area contributed by atoms with Gasteiger partial charge in [0.15, 0.2) is 17.0 Å². The summed E-state index contributed by atoms with van der Waals surface area (Å²) < 4.78 is 33.9. The first-order chi connectivity index (χ1) is 13.9. The number of fused-ring (bicyclic) bond motifs is 1. The minimum Gasteiger partial charge on any atom is -0.406 e. The first kappa shape index (κ1) is 18.4. The number of carbonyl (C=O) groups excluding carboxylic acids is 1. The van der Waals surface area contributed by atoms with Crippen LogP contribution in [-0.4, -0.2) is 25.4 Å². The Morgan fingerprint density at radius 3 is 2.48 bits per heavy atom. The Morgan fingerprint density at radius 2 is 1.83 bits per heavy atom. The fourth-order valence-electron chi connectivity index (χ4n) is 2.86. The molecule has 0 unspecified atom stereocenters. The highest BCUT2D eigenvalue weighted by molar-refractivity contribution is 6.04. The van der Waals surface area contributed by atoms with E-state index in [1.54, 1.807) is 14.0 Å². The number of hydrogen-bond donors (Lipinski definition) is 1. The molecule has 4 rings (SSSR count). The maximum absolute atomic E-state index is 13.7. The monoisotopic (exact) mass is 397 g/mol. The van der Waals surface area contributed by atoms with Crippen LogP contribution in [0.25, 0.3) is 22.5 Å². The molecule has 0 atom stereocenters. The van der Waals surface area contributed by atoms with Gasteiger partial charge in [0.1, 0.15) is 17.2 Å². The van der Waals surface area contributed by atoms with Crippen molar-refractivity contribution in [2.24, 2.45) is 7.05 Å². The number of oxazole rings is 1. The maximum atomic E-state index is 13.7. The number of carbonyl (C=O) groups is 1. The second-order valence-electron chi connectivity index (χ2n) is 6.21. The van der Waals surface area contributed by atoms with Gasteiger partial charge in [-0.3, -0.25) is 14.3 Å². The first-order valence-electron chi connectivity index (χ1n) is 8.39. The summed E-state index contributed by atoms with van der Waals surface area (Å²) >= 11 is 0. The Morgan fingerprint density at radius 1 is 1.10 bits per heavy atom. The van der Waals surface area contributed by atoms with Gasteiger partial charge in [-0.25, -0.2) is 23.5 Å². The van der Waals surface area contributed by atoms with E-state index in [0.717, 1.165) is 18.2 Å². The Kier molecular flexibility index (Phi) is 4.38. The standard InChI is InChI=1S/C19H13F2N5O3/c1-9-10(6-24-17-16(9)29-19(28)26(17)2)13-7-23-14(8-22-13)25-18(27)15-11(20)4-3-5-12(15)21/h3-8H,1-2H3,(H,23,25,27). The van der Waals surface area contributed by atoms with E-state index in [0.29, 0.717) is 28.1 Å². The van der Waals surface area contributed by atoms with Gasteiger partial charge in [0.2, 0.25) is 0 Å². The van der Waals surface area contributed by atoms with Crippen molar-refractivity contribution in [2.45, 2.75) is 6.92 Å². The number of aryl methyl sites for hydroxylation is 2. The minimum absolute atomic E-state index is 0.0133. The molecule has 0 aliphatic carbocycles. The zero-order valence-electron chi connectivity index (χ0n) is 15.2. The normalized spacial score (nSPS) is 11.0. The molecule has 8 nitrogen and oxygen atoms in total. The SMILES string of the molecule is Cc1c(-c2cnc(NC(=O)c3c(F)cccc3F)cn2)cnc2c1oc(=O)n2C. The van der Waals surface area contributed by atoms with Gasteiger partial charge in [-0.1, -0.05) is 6.07 Å². The Bertz CT molecular complexity index is 1290. The van der Waals surface area contributed by atoms with E-state index < -0.39 is 28.9 Å². The molecule has 0 aliphatic heterocycles. The molecule has 1 amide bonds. The first-order valence-corrected chi connectivity index (χ1v) is 8.39. The summed E-state index contributed by atoms with van der Waals surface area (Å²) in [6.07, 6.45) is 4.14. The van der Waals surface area contributed by atoms with Crippen LogP contribution in [0.15, 0.2) is 46.0 Å². The molecule has 3 aromatic heterocycles. The summed E-state index contributed by atoms with van der Waals surface area (Å²) in [7, 11) is 1.55. The number of amides is 1. The van der Waals surface area contributed by atoms with Crippen LogP contribution in [0.4, 0.5) is 14.6 Å². The van der Waals surface area contributed by atoms with Crippen LogP contribution in [0.5, 0.6) is 0 Å². The summed E-state index contributed by atoms with van der Waals surface area (Å²) in [6.45, 7) is 1.75. The van der Waals surface area contributed by atoms with Crippen molar-refractivity contribution in [1.82, 2.24) is 19.5 Å². The number of nitrogens with zero attached hydrogens (tertiary/aromatic N) is 4. The van der Waals surface area contributed by atoms with Gasteiger partial charge in [0.25, 0.3) is 5.91 Å². The predicted octanol–water partition coefficient (Wildman–Crippen LogP) is 2.82. The number of halogens is 2. The molecule has 10 heteroatoms. The number of nitrogens with one attached hydrogen (secondary N) is 1. The molecular weight excluding hydrogens is 384 g/mol. The van der Waals surface area contributed by atoms with E-state index in [9.17, 15) is 18.4 Å². The number of aromatic nitrogens is 4. The van der Waals surface area contributed by atoms with Crippen LogP contribution >= 0.6 is 0 Å². The molecule has 29 heavy (non-hydrogen) atoms. The lowest BCUT2D eigenvalue weighted by Gasteiger charge is -2.08. The van der Waals surface area contributed by atoms with Crippen molar-refractivity contribution >= 4 is 23.0 Å². The van der Waals surface area contributed by atoms with E-state index in [1.807, 2.05) is 0 Å². The molecule has 1 aromatic carbocycles. The molecule has 1 N–H and O–H groups in total. The third-order valence-corrected chi connectivity index (χ3v) is 4.40. The number of anilines is 1. The van der Waals surface area contributed by atoms with E-state index in [4.69, 9.17) is 4.42 Å². The zero-order chi connectivity index (χ0) is 20.7. The summed E-state index contributed by atoms with van der Waals surface area (Å²) in [4.78, 5) is 36.3. The second kappa shape index (κ2) is 6.89. The van der Waals surface area contributed by atoms with Gasteiger partial charge in [0, 0.05) is 24.4 Å². The van der Waals surface area contributed by atoms with Crippen molar-refractivity contribution in [3.8, 4) is 11.3 Å². The largest absolute Gasteiger partial charge is 0.420 e. The molecule has 0 saturated heterocycles.